The zero-order valence-electron chi connectivity index (χ0n) is 10.9. The molecule has 0 radical (unpaired) electrons. The first-order valence-electron chi connectivity index (χ1n) is 5.86. The first kappa shape index (κ1) is 13.7. The number of aryl methyl sites for hydroxylation is 1. The van der Waals surface area contributed by atoms with Crippen LogP contribution in [0.3, 0.4) is 0 Å². The molecule has 0 N–H and O–H groups in total. The largest absolute Gasteiger partial charge is 0.496 e. The van der Waals surface area contributed by atoms with Gasteiger partial charge in [-0.2, -0.15) is 0 Å². The first-order chi connectivity index (χ1) is 8.08. The van der Waals surface area contributed by atoms with Crippen LogP contribution in [0.1, 0.15) is 25.0 Å². The van der Waals surface area contributed by atoms with Gasteiger partial charge in [0.15, 0.2) is 5.78 Å². The number of hydrogen-bond acceptors (Lipinski definition) is 3. The highest BCUT2D eigenvalue weighted by Gasteiger charge is 2.15. The summed E-state index contributed by atoms with van der Waals surface area (Å²) in [5.74, 6) is 0.836. The molecule has 0 aromatic heterocycles. The van der Waals surface area contributed by atoms with E-state index in [1.165, 1.54) is 0 Å². The Kier molecular flexibility index (Phi) is 5.16. The number of ether oxygens (including phenoxy) is 2. The maximum Gasteiger partial charge on any atom is 0.165 e. The van der Waals surface area contributed by atoms with E-state index in [4.69, 9.17) is 9.47 Å². The van der Waals surface area contributed by atoms with Crippen molar-refractivity contribution in [2.75, 3.05) is 13.7 Å². The summed E-state index contributed by atoms with van der Waals surface area (Å²) in [5, 5.41) is 0. The molecule has 0 heterocycles. The molecular weight excluding hydrogens is 216 g/mol. The Balaban J connectivity index is 2.79. The number of methoxy groups -OCH3 is 1. The van der Waals surface area contributed by atoms with Gasteiger partial charge < -0.3 is 9.47 Å². The van der Waals surface area contributed by atoms with Gasteiger partial charge in [0.25, 0.3) is 0 Å². The molecule has 1 aromatic rings. The first-order valence-corrected chi connectivity index (χ1v) is 5.86. The molecule has 0 amide bonds. The van der Waals surface area contributed by atoms with Crippen molar-refractivity contribution >= 4 is 5.78 Å². The van der Waals surface area contributed by atoms with Crippen LogP contribution in [0.15, 0.2) is 18.2 Å². The van der Waals surface area contributed by atoms with Gasteiger partial charge in [0.05, 0.1) is 7.11 Å². The number of ketones is 1. The average molecular weight is 236 g/mol. The van der Waals surface area contributed by atoms with Gasteiger partial charge in [0, 0.05) is 18.6 Å². The Morgan fingerprint density at radius 3 is 2.71 bits per heavy atom. The van der Waals surface area contributed by atoms with Crippen molar-refractivity contribution in [1.82, 2.24) is 0 Å². The van der Waals surface area contributed by atoms with E-state index in [-0.39, 0.29) is 11.9 Å². The molecule has 0 fully saturated rings. The predicted octanol–water partition coefficient (Wildman–Crippen LogP) is 2.54. The molecule has 1 rings (SSSR count). The third-order valence-electron chi connectivity index (χ3n) is 2.67. The second-order valence-electron chi connectivity index (χ2n) is 4.06. The van der Waals surface area contributed by atoms with Gasteiger partial charge >= 0.3 is 0 Å². The van der Waals surface area contributed by atoms with Gasteiger partial charge in [-0.25, -0.2) is 0 Å². The average Bonchev–Trinajstić information content (AvgIpc) is 2.29. The molecule has 17 heavy (non-hydrogen) atoms. The van der Waals surface area contributed by atoms with Crippen LogP contribution in [-0.4, -0.2) is 25.6 Å². The van der Waals surface area contributed by atoms with Gasteiger partial charge in [0.2, 0.25) is 0 Å². The fourth-order valence-electron chi connectivity index (χ4n) is 1.72. The van der Waals surface area contributed by atoms with Gasteiger partial charge in [-0.15, -0.1) is 0 Å². The van der Waals surface area contributed by atoms with E-state index in [1.54, 1.807) is 14.0 Å². The summed E-state index contributed by atoms with van der Waals surface area (Å²) in [4.78, 5) is 11.9. The molecule has 94 valence electrons. The minimum Gasteiger partial charge on any atom is -0.496 e. The number of hydrogen-bond donors (Lipinski definition) is 0. The Bertz CT molecular complexity index is 385. The van der Waals surface area contributed by atoms with E-state index in [2.05, 4.69) is 0 Å². The van der Waals surface area contributed by atoms with Crippen LogP contribution in [0.25, 0.3) is 0 Å². The van der Waals surface area contributed by atoms with Crippen LogP contribution < -0.4 is 4.74 Å². The second-order valence-corrected chi connectivity index (χ2v) is 4.06. The van der Waals surface area contributed by atoms with Gasteiger partial charge in [-0.3, -0.25) is 4.79 Å². The van der Waals surface area contributed by atoms with E-state index in [9.17, 15) is 4.79 Å². The second kappa shape index (κ2) is 6.40. The van der Waals surface area contributed by atoms with E-state index in [0.29, 0.717) is 13.0 Å². The molecule has 0 bridgehead atoms. The van der Waals surface area contributed by atoms with E-state index in [0.717, 1.165) is 16.9 Å². The summed E-state index contributed by atoms with van der Waals surface area (Å²) in [7, 11) is 1.62. The monoisotopic (exact) mass is 236 g/mol. The van der Waals surface area contributed by atoms with Crippen molar-refractivity contribution in [2.24, 2.45) is 0 Å². The summed E-state index contributed by atoms with van der Waals surface area (Å²) < 4.78 is 10.5. The van der Waals surface area contributed by atoms with Crippen LogP contribution in [0.2, 0.25) is 0 Å². The van der Waals surface area contributed by atoms with Crippen LogP contribution in [0.4, 0.5) is 0 Å². The maximum absolute atomic E-state index is 11.9. The predicted molar refractivity (Wildman–Crippen MR) is 67.5 cm³/mol. The molecule has 0 saturated heterocycles. The zero-order valence-corrected chi connectivity index (χ0v) is 10.9. The Labute approximate surface area is 103 Å². The molecule has 1 unspecified atom stereocenters. The maximum atomic E-state index is 11.9. The highest BCUT2D eigenvalue weighted by atomic mass is 16.5. The zero-order chi connectivity index (χ0) is 12.8. The lowest BCUT2D eigenvalue weighted by atomic mass is 10.0. The van der Waals surface area contributed by atoms with E-state index < -0.39 is 0 Å². The van der Waals surface area contributed by atoms with Crippen molar-refractivity contribution in [1.29, 1.82) is 0 Å². The number of Topliss-reactive ketones (excluding diaryl/α,β-unsaturated/α-hetero) is 1. The number of carbonyl (C=O) groups excluding carboxylic acids is 1. The van der Waals surface area contributed by atoms with Crippen LogP contribution in [0.5, 0.6) is 5.75 Å². The molecule has 1 aromatic carbocycles. The summed E-state index contributed by atoms with van der Waals surface area (Å²) in [6, 6.07) is 5.84. The van der Waals surface area contributed by atoms with Gasteiger partial charge in [-0.1, -0.05) is 17.7 Å². The smallest absolute Gasteiger partial charge is 0.165 e. The van der Waals surface area contributed by atoms with Gasteiger partial charge in [-0.05, 0) is 26.8 Å². The molecule has 3 heteroatoms. The molecule has 0 spiro atoms. The Morgan fingerprint density at radius 2 is 2.12 bits per heavy atom. The minimum absolute atomic E-state index is 0.0794. The van der Waals surface area contributed by atoms with Crippen LogP contribution >= 0.6 is 0 Å². The minimum atomic E-state index is -0.356. The SMILES string of the molecule is CCOC(C)C(=O)Cc1cc(C)ccc1OC. The summed E-state index contributed by atoms with van der Waals surface area (Å²) in [6.45, 7) is 6.22. The lowest BCUT2D eigenvalue weighted by Crippen LogP contribution is -2.22. The van der Waals surface area contributed by atoms with Crippen LogP contribution in [0, 0.1) is 6.92 Å². The Hall–Kier alpha value is -1.35. The molecule has 0 aliphatic carbocycles. The fraction of sp³-hybridized carbons (Fsp3) is 0.500. The summed E-state index contributed by atoms with van der Waals surface area (Å²) >= 11 is 0. The topological polar surface area (TPSA) is 35.5 Å². The van der Waals surface area contributed by atoms with Crippen LogP contribution in [-0.2, 0) is 16.0 Å². The molecule has 1 atom stereocenters. The standard InChI is InChI=1S/C14H20O3/c1-5-17-11(3)13(15)9-12-8-10(2)6-7-14(12)16-4/h6-8,11H,5,9H2,1-4H3. The number of benzene rings is 1. The molecule has 3 nitrogen and oxygen atoms in total. The Morgan fingerprint density at radius 1 is 1.41 bits per heavy atom. The molecule has 0 aliphatic rings. The third-order valence-corrected chi connectivity index (χ3v) is 2.67. The number of rotatable bonds is 6. The van der Waals surface area contributed by atoms with Crippen molar-refractivity contribution in [3.63, 3.8) is 0 Å². The quantitative estimate of drug-likeness (QED) is 0.761. The summed E-state index contributed by atoms with van der Waals surface area (Å²) in [5.41, 5.74) is 2.04. The fourth-order valence-corrected chi connectivity index (χ4v) is 1.72. The normalized spacial score (nSPS) is 12.2. The third kappa shape index (κ3) is 3.86. The highest BCUT2D eigenvalue weighted by Crippen LogP contribution is 2.20. The lowest BCUT2D eigenvalue weighted by molar-refractivity contribution is -0.128. The molecular formula is C14H20O3. The van der Waals surface area contributed by atoms with E-state index >= 15 is 0 Å². The van der Waals surface area contributed by atoms with E-state index in [1.807, 2.05) is 32.0 Å². The van der Waals surface area contributed by atoms with Gasteiger partial charge in [0.1, 0.15) is 11.9 Å². The molecule has 0 saturated carbocycles. The van der Waals surface area contributed by atoms with Crippen molar-refractivity contribution < 1.29 is 14.3 Å². The highest BCUT2D eigenvalue weighted by molar-refractivity contribution is 5.85. The van der Waals surface area contributed by atoms with Crippen molar-refractivity contribution in [3.8, 4) is 5.75 Å². The van der Waals surface area contributed by atoms with Crippen molar-refractivity contribution in [2.45, 2.75) is 33.3 Å². The summed E-state index contributed by atoms with van der Waals surface area (Å²) in [6.07, 6.45) is -0.00308. The molecule has 0 aliphatic heterocycles. The van der Waals surface area contributed by atoms with Crippen molar-refractivity contribution in [3.05, 3.63) is 29.3 Å². The number of carbonyl (C=O) groups is 1. The lowest BCUT2D eigenvalue weighted by Gasteiger charge is -2.13.